The second-order valence-corrected chi connectivity index (χ2v) is 9.25. The molecule has 6 rings (SSSR count). The number of nitrogens with two attached hydrogens (primary N) is 1. The Morgan fingerprint density at radius 1 is 1.00 bits per heavy atom. The molecular weight excluding hydrogens is 454 g/mol. The van der Waals surface area contributed by atoms with Crippen LogP contribution in [0, 0.1) is 0 Å². The molecule has 1 saturated heterocycles. The Bertz CT molecular complexity index is 1300. The smallest absolute Gasteiger partial charge is 0.165 e. The summed E-state index contributed by atoms with van der Waals surface area (Å²) in [6.07, 6.45) is 9.72. The lowest BCUT2D eigenvalue weighted by molar-refractivity contribution is 0.386. The maximum Gasteiger partial charge on any atom is 0.165 e. The number of rotatable bonds is 5. The van der Waals surface area contributed by atoms with Crippen molar-refractivity contribution in [2.24, 2.45) is 0 Å². The molecule has 2 fully saturated rings. The number of halogens is 1. The molecule has 0 atom stereocenters. The SMILES string of the molecule is CC(C)n1nc(-c2noc(C3CC3)c2-c2ncc(C3CCNCC3)cn2)c2c(N)ncnc21.Cl. The summed E-state index contributed by atoms with van der Waals surface area (Å²) in [6, 6.07) is 0.0920. The minimum absolute atomic E-state index is 0. The summed E-state index contributed by atoms with van der Waals surface area (Å²) in [5.41, 5.74) is 10.1. The van der Waals surface area contributed by atoms with Crippen LogP contribution in [0.3, 0.4) is 0 Å². The number of aromatic nitrogens is 7. The van der Waals surface area contributed by atoms with E-state index in [4.69, 9.17) is 25.3 Å². The number of nitrogen functional groups attached to an aromatic ring is 1. The fourth-order valence-corrected chi connectivity index (χ4v) is 4.66. The van der Waals surface area contributed by atoms with Crippen molar-refractivity contribution < 1.29 is 4.52 Å². The standard InChI is InChI=1S/C23H27N9O.ClH/c1-12(2)32-23-17(21(24)28-11-29-23)18(30-32)19-16(20(33-31-19)14-3-4-14)22-26-9-15(10-27-22)13-5-7-25-8-6-13;/h9-14,25H,3-8H2,1-2H3,(H2,24,28,29);1H. The molecule has 0 aromatic carbocycles. The van der Waals surface area contributed by atoms with E-state index in [0.717, 1.165) is 50.1 Å². The van der Waals surface area contributed by atoms with Gasteiger partial charge in [0.15, 0.2) is 17.2 Å². The second-order valence-electron chi connectivity index (χ2n) is 9.25. The van der Waals surface area contributed by atoms with E-state index >= 15 is 0 Å². The summed E-state index contributed by atoms with van der Waals surface area (Å²) in [6.45, 7) is 6.17. The molecule has 2 aliphatic rings. The number of hydrogen-bond donors (Lipinski definition) is 2. The van der Waals surface area contributed by atoms with Crippen LogP contribution in [-0.4, -0.2) is 48.0 Å². The number of anilines is 1. The van der Waals surface area contributed by atoms with Gasteiger partial charge in [-0.1, -0.05) is 5.16 Å². The fraction of sp³-hybridized carbons (Fsp3) is 0.478. The summed E-state index contributed by atoms with van der Waals surface area (Å²) < 4.78 is 7.71. The average Bonchev–Trinajstić information content (AvgIpc) is 3.46. The van der Waals surface area contributed by atoms with Gasteiger partial charge in [0.05, 0.1) is 10.9 Å². The van der Waals surface area contributed by atoms with E-state index < -0.39 is 0 Å². The van der Waals surface area contributed by atoms with Crippen LogP contribution in [0.25, 0.3) is 33.8 Å². The normalized spacial score (nSPS) is 16.8. The third kappa shape index (κ3) is 3.80. The molecule has 0 unspecified atom stereocenters. The lowest BCUT2D eigenvalue weighted by atomic mass is 9.92. The molecule has 5 heterocycles. The van der Waals surface area contributed by atoms with E-state index in [1.807, 2.05) is 17.1 Å². The first-order chi connectivity index (χ1) is 16.1. The first-order valence-electron chi connectivity index (χ1n) is 11.6. The lowest BCUT2D eigenvalue weighted by Crippen LogP contribution is -2.26. The van der Waals surface area contributed by atoms with Crippen LogP contribution in [0.1, 0.15) is 68.7 Å². The topological polar surface area (TPSA) is 133 Å². The molecular formula is C23H28ClN9O. The highest BCUT2D eigenvalue weighted by atomic mass is 35.5. The van der Waals surface area contributed by atoms with Crippen molar-refractivity contribution >= 4 is 29.3 Å². The second kappa shape index (κ2) is 8.92. The fourth-order valence-electron chi connectivity index (χ4n) is 4.66. The van der Waals surface area contributed by atoms with Crippen LogP contribution in [0.15, 0.2) is 23.2 Å². The molecule has 10 nitrogen and oxygen atoms in total. The van der Waals surface area contributed by atoms with Gasteiger partial charge in [-0.15, -0.1) is 12.4 Å². The van der Waals surface area contributed by atoms with Gasteiger partial charge in [0, 0.05) is 24.4 Å². The highest BCUT2D eigenvalue weighted by Gasteiger charge is 2.36. The van der Waals surface area contributed by atoms with E-state index in [1.54, 1.807) is 0 Å². The van der Waals surface area contributed by atoms with Gasteiger partial charge in [-0.3, -0.25) is 0 Å². The van der Waals surface area contributed by atoms with Crippen LogP contribution in [0.4, 0.5) is 5.82 Å². The molecule has 3 N–H and O–H groups in total. The highest BCUT2D eigenvalue weighted by Crippen LogP contribution is 2.47. The van der Waals surface area contributed by atoms with Crippen LogP contribution in [-0.2, 0) is 0 Å². The maximum absolute atomic E-state index is 6.28. The van der Waals surface area contributed by atoms with Crippen molar-refractivity contribution in [3.8, 4) is 22.8 Å². The Kier molecular flexibility index (Phi) is 5.95. The van der Waals surface area contributed by atoms with Gasteiger partial charge >= 0.3 is 0 Å². The Morgan fingerprint density at radius 2 is 1.74 bits per heavy atom. The van der Waals surface area contributed by atoms with Crippen molar-refractivity contribution in [2.45, 2.75) is 57.4 Å². The van der Waals surface area contributed by atoms with Gasteiger partial charge in [-0.2, -0.15) is 5.10 Å². The van der Waals surface area contributed by atoms with E-state index in [2.05, 4.69) is 34.3 Å². The summed E-state index contributed by atoms with van der Waals surface area (Å²) in [7, 11) is 0. The van der Waals surface area contributed by atoms with Crippen molar-refractivity contribution in [1.29, 1.82) is 0 Å². The lowest BCUT2D eigenvalue weighted by Gasteiger charge is -2.22. The van der Waals surface area contributed by atoms with Gasteiger partial charge in [0.25, 0.3) is 0 Å². The van der Waals surface area contributed by atoms with E-state index in [0.29, 0.717) is 45.9 Å². The summed E-state index contributed by atoms with van der Waals surface area (Å²) in [4.78, 5) is 18.2. The van der Waals surface area contributed by atoms with Crippen molar-refractivity contribution in [1.82, 2.24) is 40.2 Å². The molecule has 1 saturated carbocycles. The van der Waals surface area contributed by atoms with Crippen molar-refractivity contribution in [3.05, 3.63) is 30.0 Å². The number of hydrogen-bond acceptors (Lipinski definition) is 9. The predicted octanol–water partition coefficient (Wildman–Crippen LogP) is 3.87. The quantitative estimate of drug-likeness (QED) is 0.435. The zero-order valence-electron chi connectivity index (χ0n) is 19.2. The largest absolute Gasteiger partial charge is 0.383 e. The van der Waals surface area contributed by atoms with Gasteiger partial charge in [0.2, 0.25) is 0 Å². The zero-order chi connectivity index (χ0) is 22.5. The van der Waals surface area contributed by atoms with Gasteiger partial charge in [-0.25, -0.2) is 24.6 Å². The molecule has 178 valence electrons. The van der Waals surface area contributed by atoms with Gasteiger partial charge in [-0.05, 0) is 64.1 Å². The van der Waals surface area contributed by atoms with E-state index in [1.165, 1.54) is 11.9 Å². The number of nitrogens with zero attached hydrogens (tertiary/aromatic N) is 7. The molecule has 4 aromatic heterocycles. The molecule has 1 aliphatic carbocycles. The minimum atomic E-state index is 0. The molecule has 0 bridgehead atoms. The third-order valence-electron chi connectivity index (χ3n) is 6.60. The summed E-state index contributed by atoms with van der Waals surface area (Å²) in [5, 5.41) is 13.4. The van der Waals surface area contributed by atoms with Crippen molar-refractivity contribution in [2.75, 3.05) is 18.8 Å². The van der Waals surface area contributed by atoms with Gasteiger partial charge < -0.3 is 15.6 Å². The van der Waals surface area contributed by atoms with Crippen molar-refractivity contribution in [3.63, 3.8) is 0 Å². The van der Waals surface area contributed by atoms with Crippen LogP contribution < -0.4 is 11.1 Å². The van der Waals surface area contributed by atoms with E-state index in [9.17, 15) is 0 Å². The van der Waals surface area contributed by atoms with Crippen LogP contribution >= 0.6 is 12.4 Å². The molecule has 4 aromatic rings. The maximum atomic E-state index is 6.28. The number of fused-ring (bicyclic) bond motifs is 1. The molecule has 1 aliphatic heterocycles. The van der Waals surface area contributed by atoms with Gasteiger partial charge in [0.1, 0.15) is 23.5 Å². The Morgan fingerprint density at radius 3 is 2.41 bits per heavy atom. The van der Waals surface area contributed by atoms with Crippen LogP contribution in [0.5, 0.6) is 0 Å². The van der Waals surface area contributed by atoms with Crippen LogP contribution in [0.2, 0.25) is 0 Å². The Labute approximate surface area is 203 Å². The Hall–Kier alpha value is -3.11. The number of piperidine rings is 1. The van der Waals surface area contributed by atoms with E-state index in [-0.39, 0.29) is 18.4 Å². The summed E-state index contributed by atoms with van der Waals surface area (Å²) in [5.74, 6) is 2.62. The first kappa shape index (κ1) is 22.7. The molecule has 0 spiro atoms. The number of nitrogens with one attached hydrogen (secondary N) is 1. The highest BCUT2D eigenvalue weighted by molar-refractivity contribution is 6.00. The minimum Gasteiger partial charge on any atom is -0.383 e. The summed E-state index contributed by atoms with van der Waals surface area (Å²) >= 11 is 0. The zero-order valence-corrected chi connectivity index (χ0v) is 20.0. The molecule has 34 heavy (non-hydrogen) atoms. The molecule has 11 heteroatoms. The predicted molar refractivity (Wildman–Crippen MR) is 131 cm³/mol. The molecule has 0 amide bonds. The third-order valence-corrected chi connectivity index (χ3v) is 6.60. The monoisotopic (exact) mass is 481 g/mol. The first-order valence-corrected chi connectivity index (χ1v) is 11.6. The average molecular weight is 482 g/mol. The Balaban J connectivity index is 0.00000241. The molecule has 0 radical (unpaired) electrons.